The predicted molar refractivity (Wildman–Crippen MR) is 333 cm³/mol. The molecule has 1 amide bonds. The number of allylic oxidation sites excluding steroid dienone is 2. The smallest absolute Gasteiger partial charge is 0.305 e. The molecule has 0 saturated carbocycles. The Morgan fingerprint density at radius 3 is 0.934 bits per heavy atom. The van der Waals surface area contributed by atoms with Crippen LogP contribution in [0.1, 0.15) is 399 Å². The van der Waals surface area contributed by atoms with Crippen molar-refractivity contribution in [3.8, 4) is 0 Å². The van der Waals surface area contributed by atoms with Gasteiger partial charge in [0.1, 0.15) is 0 Å². The molecule has 2 atom stereocenters. The van der Waals surface area contributed by atoms with Crippen molar-refractivity contribution in [2.75, 3.05) is 13.2 Å². The highest BCUT2D eigenvalue weighted by molar-refractivity contribution is 5.76. The highest BCUT2D eigenvalue weighted by Gasteiger charge is 2.20. The summed E-state index contributed by atoms with van der Waals surface area (Å²) in [5.41, 5.74) is 0. The lowest BCUT2D eigenvalue weighted by molar-refractivity contribution is -0.143. The second kappa shape index (κ2) is 66.1. The molecule has 0 aromatic carbocycles. The maximum absolute atomic E-state index is 12.5. The Morgan fingerprint density at radius 2 is 0.618 bits per heavy atom. The van der Waals surface area contributed by atoms with Crippen molar-refractivity contribution >= 4 is 11.9 Å². The number of amides is 1. The van der Waals surface area contributed by atoms with Crippen LogP contribution in [0.2, 0.25) is 0 Å². The minimum Gasteiger partial charge on any atom is -0.466 e. The van der Waals surface area contributed by atoms with Crippen LogP contribution in [0, 0.1) is 0 Å². The molecule has 6 nitrogen and oxygen atoms in total. The average Bonchev–Trinajstić information content (AvgIpc) is 3.42. The molecule has 3 N–H and O–H groups in total. The van der Waals surface area contributed by atoms with Crippen LogP contribution in [-0.4, -0.2) is 47.4 Å². The van der Waals surface area contributed by atoms with Gasteiger partial charge in [-0.05, 0) is 51.4 Å². The first-order valence-electron chi connectivity index (χ1n) is 34.9. The number of ether oxygens (including phenoxy) is 1. The molecular weight excluding hydrogens is 935 g/mol. The fourth-order valence-electron chi connectivity index (χ4n) is 11.2. The number of aliphatic hydroxyl groups excluding tert-OH is 2. The van der Waals surface area contributed by atoms with Gasteiger partial charge in [0.15, 0.2) is 0 Å². The predicted octanol–water partition coefficient (Wildman–Crippen LogP) is 22.4. The molecule has 0 aromatic heterocycles. The first-order valence-corrected chi connectivity index (χ1v) is 34.9. The van der Waals surface area contributed by atoms with E-state index in [4.69, 9.17) is 4.74 Å². The highest BCUT2D eigenvalue weighted by Crippen LogP contribution is 2.19. The van der Waals surface area contributed by atoms with E-state index in [-0.39, 0.29) is 18.5 Å². The molecule has 0 spiro atoms. The second-order valence-corrected chi connectivity index (χ2v) is 24.2. The van der Waals surface area contributed by atoms with Crippen molar-refractivity contribution in [2.24, 2.45) is 0 Å². The summed E-state index contributed by atoms with van der Waals surface area (Å²) >= 11 is 0. The van der Waals surface area contributed by atoms with Gasteiger partial charge in [0.25, 0.3) is 0 Å². The zero-order valence-corrected chi connectivity index (χ0v) is 51.8. The Balaban J connectivity index is 3.41. The number of unbranched alkanes of at least 4 members (excludes halogenated alkanes) is 53. The molecule has 0 heterocycles. The van der Waals surface area contributed by atoms with Crippen LogP contribution in [0.3, 0.4) is 0 Å². The largest absolute Gasteiger partial charge is 0.466 e. The summed E-state index contributed by atoms with van der Waals surface area (Å²) in [7, 11) is 0. The zero-order valence-electron chi connectivity index (χ0n) is 51.8. The molecule has 0 aromatic rings. The van der Waals surface area contributed by atoms with E-state index in [9.17, 15) is 19.8 Å². The number of carbonyl (C=O) groups excluding carboxylic acids is 2. The van der Waals surface area contributed by atoms with Crippen molar-refractivity contribution in [3.63, 3.8) is 0 Å². The van der Waals surface area contributed by atoms with Gasteiger partial charge in [0, 0.05) is 12.8 Å². The van der Waals surface area contributed by atoms with E-state index in [1.165, 1.54) is 327 Å². The van der Waals surface area contributed by atoms with Crippen molar-refractivity contribution < 1.29 is 24.5 Å². The van der Waals surface area contributed by atoms with E-state index in [0.717, 1.165) is 38.5 Å². The molecule has 0 fully saturated rings. The Labute approximate surface area is 476 Å². The van der Waals surface area contributed by atoms with Crippen molar-refractivity contribution in [1.29, 1.82) is 0 Å². The van der Waals surface area contributed by atoms with Gasteiger partial charge in [-0.3, -0.25) is 9.59 Å². The molecule has 6 heteroatoms. The van der Waals surface area contributed by atoms with E-state index in [1.807, 2.05) is 0 Å². The highest BCUT2D eigenvalue weighted by atomic mass is 16.5. The maximum Gasteiger partial charge on any atom is 0.305 e. The van der Waals surface area contributed by atoms with Gasteiger partial charge in [0.05, 0.1) is 25.4 Å². The van der Waals surface area contributed by atoms with Crippen LogP contribution >= 0.6 is 0 Å². The fraction of sp³-hybridized carbons (Fsp3) is 0.943. The summed E-state index contributed by atoms with van der Waals surface area (Å²) in [4.78, 5) is 24.6. The fourth-order valence-corrected chi connectivity index (χ4v) is 11.2. The molecular formula is C70H137NO5. The van der Waals surface area contributed by atoms with Gasteiger partial charge >= 0.3 is 5.97 Å². The summed E-state index contributed by atoms with van der Waals surface area (Å²) in [6, 6.07) is -0.548. The third-order valence-corrected chi connectivity index (χ3v) is 16.6. The number of aliphatic hydroxyl groups is 2. The lowest BCUT2D eigenvalue weighted by Crippen LogP contribution is -2.45. The van der Waals surface area contributed by atoms with Crippen LogP contribution < -0.4 is 5.32 Å². The SMILES string of the molecule is CCCCCCCCCCCCCCCCCCCCCCCCC(O)C(CO)NC(=O)CCCCCCCCC/C=C\CCCCCCCCCCCOC(=O)CCCCCCCCCCCCCCCCCCC. The minimum absolute atomic E-state index is 0.0115. The topological polar surface area (TPSA) is 95.9 Å². The van der Waals surface area contributed by atoms with E-state index < -0.39 is 12.1 Å². The lowest BCUT2D eigenvalue weighted by Gasteiger charge is -2.22. The van der Waals surface area contributed by atoms with Crippen LogP contribution in [-0.2, 0) is 14.3 Å². The molecule has 0 aliphatic carbocycles. The van der Waals surface area contributed by atoms with Gasteiger partial charge < -0.3 is 20.3 Å². The Kier molecular flexibility index (Phi) is 64.9. The monoisotopic (exact) mass is 1070 g/mol. The first-order chi connectivity index (χ1) is 37.5. The van der Waals surface area contributed by atoms with Crippen LogP contribution in [0.5, 0.6) is 0 Å². The maximum atomic E-state index is 12.5. The summed E-state index contributed by atoms with van der Waals surface area (Å²) < 4.78 is 5.50. The van der Waals surface area contributed by atoms with Crippen LogP contribution in [0.15, 0.2) is 12.2 Å². The number of hydrogen-bond donors (Lipinski definition) is 3. The number of hydrogen-bond acceptors (Lipinski definition) is 5. The van der Waals surface area contributed by atoms with Crippen molar-refractivity contribution in [2.45, 2.75) is 411 Å². The Morgan fingerprint density at radius 1 is 0.355 bits per heavy atom. The molecule has 0 saturated heterocycles. The third-order valence-electron chi connectivity index (χ3n) is 16.6. The van der Waals surface area contributed by atoms with Gasteiger partial charge in [-0.25, -0.2) is 0 Å². The van der Waals surface area contributed by atoms with Gasteiger partial charge in [-0.15, -0.1) is 0 Å². The van der Waals surface area contributed by atoms with Crippen molar-refractivity contribution in [1.82, 2.24) is 5.32 Å². The summed E-state index contributed by atoms with van der Waals surface area (Å²) in [6.45, 7) is 4.99. The Bertz CT molecular complexity index is 1140. The van der Waals surface area contributed by atoms with E-state index >= 15 is 0 Å². The second-order valence-electron chi connectivity index (χ2n) is 24.2. The zero-order chi connectivity index (χ0) is 55.0. The number of carbonyl (C=O) groups is 2. The van der Waals surface area contributed by atoms with Gasteiger partial charge in [0.2, 0.25) is 5.91 Å². The summed E-state index contributed by atoms with van der Waals surface area (Å²) in [5, 5.41) is 23.4. The van der Waals surface area contributed by atoms with Gasteiger partial charge in [-0.2, -0.15) is 0 Å². The Hall–Kier alpha value is -1.40. The molecule has 76 heavy (non-hydrogen) atoms. The first kappa shape index (κ1) is 74.6. The minimum atomic E-state index is -0.670. The number of nitrogens with one attached hydrogen (secondary N) is 1. The van der Waals surface area contributed by atoms with Crippen molar-refractivity contribution in [3.05, 3.63) is 12.2 Å². The standard InChI is InChI=1S/C70H137NO5/c1-3-5-7-9-11-13-15-17-19-21-22-23-24-27-31-34-38-42-46-50-54-58-62-68(73)67(66-72)71-69(74)63-59-55-51-47-43-39-35-32-28-25-26-29-33-37-41-45-49-53-57-61-65-76-70(75)64-60-56-52-48-44-40-36-30-20-18-16-14-12-10-8-6-4-2/h25,28,67-68,72-73H,3-24,26-27,29-66H2,1-2H3,(H,71,74)/b28-25-. The molecule has 452 valence electrons. The van der Waals surface area contributed by atoms with Crippen LogP contribution in [0.4, 0.5) is 0 Å². The van der Waals surface area contributed by atoms with Gasteiger partial charge in [-0.1, -0.05) is 347 Å². The molecule has 0 aliphatic rings. The summed E-state index contributed by atoms with van der Waals surface area (Å²) in [6.07, 6.45) is 81.0. The molecule has 0 rings (SSSR count). The number of esters is 1. The van der Waals surface area contributed by atoms with E-state index in [2.05, 4.69) is 31.3 Å². The van der Waals surface area contributed by atoms with E-state index in [0.29, 0.717) is 25.9 Å². The molecule has 0 radical (unpaired) electrons. The average molecular weight is 1070 g/mol. The quantitative estimate of drug-likeness (QED) is 0.0320. The molecule has 0 bridgehead atoms. The normalized spacial score (nSPS) is 12.5. The molecule has 0 aliphatic heterocycles. The van der Waals surface area contributed by atoms with Crippen LogP contribution in [0.25, 0.3) is 0 Å². The van der Waals surface area contributed by atoms with E-state index in [1.54, 1.807) is 0 Å². The summed E-state index contributed by atoms with van der Waals surface area (Å²) in [5.74, 6) is -0.0272. The number of rotatable bonds is 66. The third kappa shape index (κ3) is 61.8. The molecule has 2 unspecified atom stereocenters. The lowest BCUT2D eigenvalue weighted by atomic mass is 10.0.